The Balaban J connectivity index is 1.73. The first-order valence-corrected chi connectivity index (χ1v) is 6.55. The SMILES string of the molecule is C[C@@]1(F)CN(CC2=CCC3=C2N=CCC3=O)C[C@@H]1O. The first-order valence-electron chi connectivity index (χ1n) is 6.55. The second-order valence-electron chi connectivity index (χ2n) is 5.66. The van der Waals surface area contributed by atoms with Crippen LogP contribution in [0.2, 0.25) is 0 Å². The number of hydrogen-bond donors (Lipinski definition) is 1. The summed E-state index contributed by atoms with van der Waals surface area (Å²) in [4.78, 5) is 17.9. The summed E-state index contributed by atoms with van der Waals surface area (Å²) >= 11 is 0. The van der Waals surface area contributed by atoms with E-state index in [-0.39, 0.29) is 12.3 Å². The van der Waals surface area contributed by atoms with Gasteiger partial charge in [0.15, 0.2) is 5.78 Å². The topological polar surface area (TPSA) is 52.9 Å². The van der Waals surface area contributed by atoms with Gasteiger partial charge in [0.05, 0.1) is 5.70 Å². The van der Waals surface area contributed by atoms with E-state index in [1.54, 1.807) is 6.21 Å². The third kappa shape index (κ3) is 2.17. The van der Waals surface area contributed by atoms with Crippen molar-refractivity contribution in [3.8, 4) is 0 Å². The first-order chi connectivity index (χ1) is 8.97. The van der Waals surface area contributed by atoms with Crippen LogP contribution < -0.4 is 0 Å². The molecule has 0 amide bonds. The fraction of sp³-hybridized carbons (Fsp3) is 0.571. The zero-order valence-corrected chi connectivity index (χ0v) is 10.9. The standard InChI is InChI=1S/C14H17FN2O2/c1-14(15)8-17(7-12(14)19)6-9-2-3-10-11(18)4-5-16-13(9)10/h2,5,12,19H,3-4,6-8H2,1H3/t12-,14+/m0/s1. The van der Waals surface area contributed by atoms with Crippen LogP contribution in [-0.4, -0.2) is 53.4 Å². The second-order valence-corrected chi connectivity index (χ2v) is 5.66. The molecule has 2 aliphatic heterocycles. The second kappa shape index (κ2) is 4.35. The van der Waals surface area contributed by atoms with Crippen molar-refractivity contribution < 1.29 is 14.3 Å². The predicted molar refractivity (Wildman–Crippen MR) is 69.8 cm³/mol. The normalized spacial score (nSPS) is 35.0. The van der Waals surface area contributed by atoms with Crippen molar-refractivity contribution in [3.05, 3.63) is 22.9 Å². The van der Waals surface area contributed by atoms with Gasteiger partial charge in [0.1, 0.15) is 11.8 Å². The van der Waals surface area contributed by atoms with Gasteiger partial charge in [-0.1, -0.05) is 6.08 Å². The number of rotatable bonds is 2. The molecule has 0 aromatic heterocycles. The highest BCUT2D eigenvalue weighted by Crippen LogP contribution is 2.33. The summed E-state index contributed by atoms with van der Waals surface area (Å²) in [5.41, 5.74) is 0.963. The molecular weight excluding hydrogens is 247 g/mol. The Morgan fingerprint density at radius 2 is 2.37 bits per heavy atom. The summed E-state index contributed by atoms with van der Waals surface area (Å²) in [6.07, 6.45) is 3.69. The molecule has 5 heteroatoms. The minimum absolute atomic E-state index is 0.132. The molecule has 1 aliphatic carbocycles. The highest BCUT2D eigenvalue weighted by atomic mass is 19.1. The van der Waals surface area contributed by atoms with E-state index < -0.39 is 11.8 Å². The zero-order valence-electron chi connectivity index (χ0n) is 10.9. The zero-order chi connectivity index (χ0) is 13.6. The van der Waals surface area contributed by atoms with Gasteiger partial charge in [-0.15, -0.1) is 0 Å². The number of Topliss-reactive ketones (excluding diaryl/α,β-unsaturated/α-hetero) is 1. The van der Waals surface area contributed by atoms with Crippen LogP contribution in [0.15, 0.2) is 27.9 Å². The summed E-state index contributed by atoms with van der Waals surface area (Å²) in [5.74, 6) is 0.132. The minimum atomic E-state index is -1.55. The van der Waals surface area contributed by atoms with Crippen LogP contribution in [0.3, 0.4) is 0 Å². The lowest BCUT2D eigenvalue weighted by Crippen LogP contribution is -2.33. The average molecular weight is 264 g/mol. The number of aliphatic imine (C=N–C) groups is 1. The summed E-state index contributed by atoms with van der Waals surface area (Å²) in [5, 5.41) is 9.64. The number of aliphatic hydroxyl groups is 1. The highest BCUT2D eigenvalue weighted by Gasteiger charge is 2.42. The van der Waals surface area contributed by atoms with Gasteiger partial charge in [-0.05, 0) is 18.9 Å². The molecule has 0 aromatic rings. The van der Waals surface area contributed by atoms with E-state index in [1.807, 2.05) is 11.0 Å². The maximum Gasteiger partial charge on any atom is 0.166 e. The van der Waals surface area contributed by atoms with Crippen LogP contribution in [0.25, 0.3) is 0 Å². The van der Waals surface area contributed by atoms with E-state index >= 15 is 0 Å². The van der Waals surface area contributed by atoms with Crippen molar-refractivity contribution in [1.29, 1.82) is 0 Å². The number of ketones is 1. The van der Waals surface area contributed by atoms with Crippen LogP contribution >= 0.6 is 0 Å². The predicted octanol–water partition coefficient (Wildman–Crippen LogP) is 1.02. The molecule has 3 rings (SSSR count). The van der Waals surface area contributed by atoms with Crippen molar-refractivity contribution in [1.82, 2.24) is 4.90 Å². The molecule has 0 spiro atoms. The monoisotopic (exact) mass is 264 g/mol. The van der Waals surface area contributed by atoms with Crippen LogP contribution in [0.1, 0.15) is 19.8 Å². The smallest absolute Gasteiger partial charge is 0.166 e. The van der Waals surface area contributed by atoms with Gasteiger partial charge >= 0.3 is 0 Å². The fourth-order valence-corrected chi connectivity index (χ4v) is 2.91. The lowest BCUT2D eigenvalue weighted by atomic mass is 10.0. The molecule has 4 nitrogen and oxygen atoms in total. The Kier molecular flexibility index (Phi) is 2.91. The van der Waals surface area contributed by atoms with Crippen LogP contribution in [0.5, 0.6) is 0 Å². The maximum atomic E-state index is 13.9. The number of halogens is 1. The minimum Gasteiger partial charge on any atom is -0.388 e. The van der Waals surface area contributed by atoms with Gasteiger partial charge in [0.25, 0.3) is 0 Å². The Morgan fingerprint density at radius 1 is 1.58 bits per heavy atom. The van der Waals surface area contributed by atoms with Crippen LogP contribution in [0.4, 0.5) is 4.39 Å². The molecule has 0 aromatic carbocycles. The molecule has 0 radical (unpaired) electrons. The molecular formula is C14H17FN2O2. The van der Waals surface area contributed by atoms with Crippen molar-refractivity contribution in [2.75, 3.05) is 19.6 Å². The molecule has 0 bridgehead atoms. The molecule has 0 saturated carbocycles. The third-order valence-corrected chi connectivity index (χ3v) is 4.03. The number of β-amino-alcohol motifs (C(OH)–C–C–N with tert-alkyl or cyclic N) is 1. The van der Waals surface area contributed by atoms with E-state index in [2.05, 4.69) is 4.99 Å². The van der Waals surface area contributed by atoms with Crippen molar-refractivity contribution >= 4 is 12.0 Å². The molecule has 2 atom stereocenters. The summed E-state index contributed by atoms with van der Waals surface area (Å²) < 4.78 is 13.9. The highest BCUT2D eigenvalue weighted by molar-refractivity contribution is 6.07. The van der Waals surface area contributed by atoms with Crippen LogP contribution in [-0.2, 0) is 4.79 Å². The summed E-state index contributed by atoms with van der Waals surface area (Å²) in [7, 11) is 0. The summed E-state index contributed by atoms with van der Waals surface area (Å²) in [6, 6.07) is 0. The van der Waals surface area contributed by atoms with Gasteiger partial charge < -0.3 is 5.11 Å². The van der Waals surface area contributed by atoms with Gasteiger partial charge in [-0.3, -0.25) is 14.7 Å². The lowest BCUT2D eigenvalue weighted by molar-refractivity contribution is -0.114. The van der Waals surface area contributed by atoms with Gasteiger partial charge in [0, 0.05) is 37.8 Å². The molecule has 0 unspecified atom stereocenters. The number of allylic oxidation sites excluding steroid dienone is 2. The number of carbonyl (C=O) groups excluding carboxylic acids is 1. The number of hydrogen-bond acceptors (Lipinski definition) is 4. The lowest BCUT2D eigenvalue weighted by Gasteiger charge is -2.18. The molecule has 19 heavy (non-hydrogen) atoms. The van der Waals surface area contributed by atoms with E-state index in [1.165, 1.54) is 6.92 Å². The van der Waals surface area contributed by atoms with E-state index in [4.69, 9.17) is 0 Å². The fourth-order valence-electron chi connectivity index (χ4n) is 2.91. The first kappa shape index (κ1) is 12.7. The molecule has 1 N–H and O–H groups in total. The van der Waals surface area contributed by atoms with E-state index in [9.17, 15) is 14.3 Å². The summed E-state index contributed by atoms with van der Waals surface area (Å²) in [6.45, 7) is 2.50. The Bertz CT molecular complexity index is 520. The number of alkyl halides is 1. The van der Waals surface area contributed by atoms with Crippen molar-refractivity contribution in [2.45, 2.75) is 31.5 Å². The molecule has 1 fully saturated rings. The van der Waals surface area contributed by atoms with Gasteiger partial charge in [0.2, 0.25) is 0 Å². The number of carbonyl (C=O) groups is 1. The largest absolute Gasteiger partial charge is 0.388 e. The van der Waals surface area contributed by atoms with Gasteiger partial charge in [-0.2, -0.15) is 0 Å². The molecule has 2 heterocycles. The Morgan fingerprint density at radius 3 is 3.05 bits per heavy atom. The Hall–Kier alpha value is -1.33. The van der Waals surface area contributed by atoms with Crippen molar-refractivity contribution in [3.63, 3.8) is 0 Å². The number of nitrogens with zero attached hydrogens (tertiary/aromatic N) is 2. The number of likely N-dealkylation sites (tertiary alicyclic amines) is 1. The molecule has 3 aliphatic rings. The maximum absolute atomic E-state index is 13.9. The van der Waals surface area contributed by atoms with Crippen LogP contribution in [0, 0.1) is 0 Å². The van der Waals surface area contributed by atoms with Gasteiger partial charge in [-0.25, -0.2) is 4.39 Å². The Labute approximate surface area is 111 Å². The molecule has 1 saturated heterocycles. The van der Waals surface area contributed by atoms with E-state index in [0.717, 1.165) is 16.8 Å². The number of aliphatic hydroxyl groups excluding tert-OH is 1. The third-order valence-electron chi connectivity index (χ3n) is 4.03. The quantitative estimate of drug-likeness (QED) is 0.810. The molecule has 102 valence electrons. The van der Waals surface area contributed by atoms with E-state index in [0.29, 0.717) is 25.9 Å². The average Bonchev–Trinajstić information content (AvgIpc) is 2.83. The van der Waals surface area contributed by atoms with Crippen molar-refractivity contribution in [2.24, 2.45) is 4.99 Å².